The van der Waals surface area contributed by atoms with Crippen LogP contribution in [0.15, 0.2) is 16.7 Å². The number of hydrogen-bond donors (Lipinski definition) is 0. The summed E-state index contributed by atoms with van der Waals surface area (Å²) < 4.78 is 5.06. The highest BCUT2D eigenvalue weighted by molar-refractivity contribution is 7.99. The molecule has 1 aromatic rings. The second kappa shape index (κ2) is 4.66. The van der Waals surface area contributed by atoms with Crippen LogP contribution in [-0.4, -0.2) is 35.8 Å². The molecule has 0 aromatic carbocycles. The number of rotatable bonds is 3. The fourth-order valence-electron chi connectivity index (χ4n) is 1.58. The molecule has 1 fully saturated rings. The minimum Gasteiger partial charge on any atom is -0.461 e. The highest BCUT2D eigenvalue weighted by Gasteiger charge is 2.13. The predicted octanol–water partition coefficient (Wildman–Crippen LogP) is 1.64. The second-order valence-corrected chi connectivity index (χ2v) is 4.54. The summed E-state index contributed by atoms with van der Waals surface area (Å²) in [7, 11) is 0. The largest absolute Gasteiger partial charge is 0.461 e. The number of thioether (sulfide) groups is 1. The van der Waals surface area contributed by atoms with E-state index >= 15 is 0 Å². The average Bonchev–Trinajstić information content (AvgIpc) is 2.67. The zero-order chi connectivity index (χ0) is 9.80. The Morgan fingerprint density at radius 1 is 1.50 bits per heavy atom. The van der Waals surface area contributed by atoms with E-state index in [9.17, 15) is 4.79 Å². The van der Waals surface area contributed by atoms with E-state index in [4.69, 9.17) is 4.42 Å². The molecule has 1 aliphatic rings. The van der Waals surface area contributed by atoms with Gasteiger partial charge in [-0.1, -0.05) is 0 Å². The van der Waals surface area contributed by atoms with Crippen molar-refractivity contribution in [1.29, 1.82) is 0 Å². The van der Waals surface area contributed by atoms with Crippen molar-refractivity contribution in [1.82, 2.24) is 4.90 Å². The third-order valence-electron chi connectivity index (χ3n) is 2.39. The Kier molecular flexibility index (Phi) is 3.26. The SMILES string of the molecule is O=Cc1occc1CN1CCSCC1. The highest BCUT2D eigenvalue weighted by atomic mass is 32.2. The van der Waals surface area contributed by atoms with Gasteiger partial charge >= 0.3 is 0 Å². The molecule has 0 unspecified atom stereocenters. The molecular formula is C10H13NO2S. The van der Waals surface area contributed by atoms with E-state index in [-0.39, 0.29) is 0 Å². The van der Waals surface area contributed by atoms with Crippen molar-refractivity contribution in [3.8, 4) is 0 Å². The third-order valence-corrected chi connectivity index (χ3v) is 3.33. The van der Waals surface area contributed by atoms with Crippen molar-refractivity contribution >= 4 is 18.0 Å². The van der Waals surface area contributed by atoms with Gasteiger partial charge in [-0.15, -0.1) is 0 Å². The van der Waals surface area contributed by atoms with Gasteiger partial charge in [-0.25, -0.2) is 0 Å². The summed E-state index contributed by atoms with van der Waals surface area (Å²) in [5.74, 6) is 2.85. The topological polar surface area (TPSA) is 33.5 Å². The van der Waals surface area contributed by atoms with Crippen LogP contribution in [0.1, 0.15) is 16.1 Å². The minimum atomic E-state index is 0.475. The Bertz CT molecular complexity index is 305. The first-order chi connectivity index (χ1) is 6.90. The molecule has 2 rings (SSSR count). The van der Waals surface area contributed by atoms with E-state index in [0.29, 0.717) is 5.76 Å². The predicted molar refractivity (Wildman–Crippen MR) is 56.7 cm³/mol. The molecule has 1 saturated heterocycles. The molecule has 0 aliphatic carbocycles. The number of furan rings is 1. The van der Waals surface area contributed by atoms with Gasteiger partial charge in [0.25, 0.3) is 0 Å². The van der Waals surface area contributed by atoms with E-state index < -0.39 is 0 Å². The third kappa shape index (κ3) is 2.19. The molecule has 1 aromatic heterocycles. The summed E-state index contributed by atoms with van der Waals surface area (Å²) in [5.41, 5.74) is 1.01. The number of aldehydes is 1. The van der Waals surface area contributed by atoms with Gasteiger partial charge in [0.05, 0.1) is 6.26 Å². The van der Waals surface area contributed by atoms with Gasteiger partial charge in [0, 0.05) is 36.7 Å². The second-order valence-electron chi connectivity index (χ2n) is 3.32. The van der Waals surface area contributed by atoms with Crippen molar-refractivity contribution < 1.29 is 9.21 Å². The van der Waals surface area contributed by atoms with Crippen molar-refractivity contribution in [2.45, 2.75) is 6.54 Å². The molecule has 1 aliphatic heterocycles. The van der Waals surface area contributed by atoms with Crippen LogP contribution < -0.4 is 0 Å². The molecule has 3 nitrogen and oxygen atoms in total. The van der Waals surface area contributed by atoms with Crippen LogP contribution in [0.2, 0.25) is 0 Å². The van der Waals surface area contributed by atoms with Gasteiger partial charge in [0.2, 0.25) is 0 Å². The fraction of sp³-hybridized carbons (Fsp3) is 0.500. The highest BCUT2D eigenvalue weighted by Crippen LogP contribution is 2.15. The smallest absolute Gasteiger partial charge is 0.185 e. The van der Waals surface area contributed by atoms with Crippen LogP contribution in [0.4, 0.5) is 0 Å². The van der Waals surface area contributed by atoms with Crippen LogP contribution >= 0.6 is 11.8 Å². The van der Waals surface area contributed by atoms with Crippen LogP contribution in [-0.2, 0) is 6.54 Å². The first kappa shape index (κ1) is 9.80. The van der Waals surface area contributed by atoms with Gasteiger partial charge in [-0.2, -0.15) is 11.8 Å². The first-order valence-electron chi connectivity index (χ1n) is 4.72. The standard InChI is InChI=1S/C10H13NO2S/c12-8-10-9(1-4-13-10)7-11-2-5-14-6-3-11/h1,4,8H,2-3,5-7H2. The molecule has 0 saturated carbocycles. The Balaban J connectivity index is 1.98. The van der Waals surface area contributed by atoms with Gasteiger partial charge in [-0.3, -0.25) is 9.69 Å². The molecule has 2 heterocycles. The summed E-state index contributed by atoms with van der Waals surface area (Å²) in [5, 5.41) is 0. The van der Waals surface area contributed by atoms with E-state index in [1.54, 1.807) is 6.26 Å². The van der Waals surface area contributed by atoms with Gasteiger partial charge < -0.3 is 4.42 Å². The summed E-state index contributed by atoms with van der Waals surface area (Å²) in [6.45, 7) is 3.05. The normalized spacial score (nSPS) is 18.3. The van der Waals surface area contributed by atoms with Gasteiger partial charge in [0.1, 0.15) is 0 Å². The lowest BCUT2D eigenvalue weighted by atomic mass is 10.2. The molecule has 0 bridgehead atoms. The molecule has 4 heteroatoms. The van der Waals surface area contributed by atoms with Gasteiger partial charge in [-0.05, 0) is 6.07 Å². The molecule has 0 atom stereocenters. The minimum absolute atomic E-state index is 0.475. The van der Waals surface area contributed by atoms with Crippen LogP contribution in [0, 0.1) is 0 Å². The number of hydrogen-bond acceptors (Lipinski definition) is 4. The lowest BCUT2D eigenvalue weighted by Crippen LogP contribution is -2.32. The number of carbonyl (C=O) groups excluding carboxylic acids is 1. The lowest BCUT2D eigenvalue weighted by Gasteiger charge is -2.25. The Morgan fingerprint density at radius 3 is 3.00 bits per heavy atom. The monoisotopic (exact) mass is 211 g/mol. The number of nitrogens with zero attached hydrogens (tertiary/aromatic N) is 1. The van der Waals surface area contributed by atoms with E-state index in [1.807, 2.05) is 17.8 Å². The average molecular weight is 211 g/mol. The zero-order valence-electron chi connectivity index (χ0n) is 7.94. The summed E-state index contributed by atoms with van der Waals surface area (Å²) in [4.78, 5) is 13.0. The summed E-state index contributed by atoms with van der Waals surface area (Å²) >= 11 is 1.99. The Hall–Kier alpha value is -0.740. The van der Waals surface area contributed by atoms with Crippen molar-refractivity contribution in [3.63, 3.8) is 0 Å². The molecule has 0 N–H and O–H groups in total. The van der Waals surface area contributed by atoms with Crippen LogP contribution in [0.3, 0.4) is 0 Å². The van der Waals surface area contributed by atoms with E-state index in [2.05, 4.69) is 4.90 Å². The Morgan fingerprint density at radius 2 is 2.29 bits per heavy atom. The molecule has 0 radical (unpaired) electrons. The van der Waals surface area contributed by atoms with Crippen molar-refractivity contribution in [2.75, 3.05) is 24.6 Å². The van der Waals surface area contributed by atoms with Crippen LogP contribution in [0.25, 0.3) is 0 Å². The van der Waals surface area contributed by atoms with E-state index in [1.165, 1.54) is 11.5 Å². The molecule has 0 amide bonds. The molecular weight excluding hydrogens is 198 g/mol. The lowest BCUT2D eigenvalue weighted by molar-refractivity contribution is 0.109. The molecule has 0 spiro atoms. The van der Waals surface area contributed by atoms with Crippen molar-refractivity contribution in [2.24, 2.45) is 0 Å². The summed E-state index contributed by atoms with van der Waals surface area (Å²) in [6.07, 6.45) is 2.37. The summed E-state index contributed by atoms with van der Waals surface area (Å²) in [6, 6.07) is 1.88. The Labute approximate surface area is 87.5 Å². The zero-order valence-corrected chi connectivity index (χ0v) is 8.76. The maximum Gasteiger partial charge on any atom is 0.185 e. The maximum absolute atomic E-state index is 10.6. The van der Waals surface area contributed by atoms with Crippen LogP contribution in [0.5, 0.6) is 0 Å². The molecule has 76 valence electrons. The molecule has 14 heavy (non-hydrogen) atoms. The maximum atomic E-state index is 10.6. The van der Waals surface area contributed by atoms with Crippen molar-refractivity contribution in [3.05, 3.63) is 23.7 Å². The quantitative estimate of drug-likeness (QED) is 0.712. The van der Waals surface area contributed by atoms with E-state index in [0.717, 1.165) is 31.5 Å². The van der Waals surface area contributed by atoms with Gasteiger partial charge in [0.15, 0.2) is 12.0 Å². The number of carbonyl (C=O) groups is 1. The first-order valence-corrected chi connectivity index (χ1v) is 5.87. The fourth-order valence-corrected chi connectivity index (χ4v) is 2.56.